The molecule has 0 aliphatic rings. The van der Waals surface area contributed by atoms with E-state index in [-0.39, 0.29) is 5.97 Å². The highest BCUT2D eigenvalue weighted by Gasteiger charge is 1.95. The number of hydrogen-bond acceptors (Lipinski definition) is 2. The van der Waals surface area contributed by atoms with E-state index >= 15 is 0 Å². The Morgan fingerprint density at radius 2 is 1.67 bits per heavy atom. The second kappa shape index (κ2) is 13.0. The first-order valence-corrected chi connectivity index (χ1v) is 5.51. The molecule has 98 valence electrons. The van der Waals surface area contributed by atoms with Crippen molar-refractivity contribution >= 4 is 12.0 Å². The maximum atomic E-state index is 10.2. The van der Waals surface area contributed by atoms with Crippen LogP contribution >= 0.6 is 0 Å². The molecule has 0 spiro atoms. The van der Waals surface area contributed by atoms with E-state index in [0.717, 1.165) is 0 Å². The molecule has 0 aliphatic carbocycles. The summed E-state index contributed by atoms with van der Waals surface area (Å²) in [4.78, 5) is 10.2. The molecule has 0 radical (unpaired) electrons. The number of hydrogen-bond donors (Lipinski definition) is 0. The van der Waals surface area contributed by atoms with Gasteiger partial charge < -0.3 is 4.74 Å². The van der Waals surface area contributed by atoms with Crippen molar-refractivity contribution in [2.45, 2.75) is 13.8 Å². The molecule has 0 N–H and O–H groups in total. The Kier molecular flexibility index (Phi) is 13.2. The number of esters is 1. The van der Waals surface area contributed by atoms with Crippen LogP contribution in [0.25, 0.3) is 6.08 Å². The number of benzene rings is 1. The molecule has 0 atom stereocenters. The Balaban J connectivity index is 0. The largest absolute Gasteiger partial charge is 0.466 e. The van der Waals surface area contributed by atoms with Crippen LogP contribution in [0, 0.1) is 0 Å². The Morgan fingerprint density at radius 3 is 1.83 bits per heavy atom. The Morgan fingerprint density at radius 1 is 1.22 bits per heavy atom. The van der Waals surface area contributed by atoms with Gasteiger partial charge >= 0.3 is 5.97 Å². The topological polar surface area (TPSA) is 26.3 Å². The molecule has 0 fully saturated rings. The smallest absolute Gasteiger partial charge is 0.332 e. The van der Waals surface area contributed by atoms with E-state index in [1.54, 1.807) is 13.0 Å². The lowest BCUT2D eigenvalue weighted by molar-refractivity contribution is -0.136. The average Bonchev–Trinajstić information content (AvgIpc) is 2.40. The molecule has 1 aromatic carbocycles. The predicted octanol–water partition coefficient (Wildman–Crippen LogP) is 4.26. The van der Waals surface area contributed by atoms with Crippen LogP contribution in [-0.2, 0) is 9.53 Å². The monoisotopic (exact) mass is 246 g/mol. The Hall–Kier alpha value is -2.09. The molecule has 1 rings (SSSR count). The van der Waals surface area contributed by atoms with Crippen molar-refractivity contribution < 1.29 is 9.53 Å². The second-order valence-electron chi connectivity index (χ2n) is 3.29. The summed E-state index contributed by atoms with van der Waals surface area (Å²) in [6.45, 7) is 13.8. The quantitative estimate of drug-likeness (QED) is 0.443. The predicted molar refractivity (Wildman–Crippen MR) is 79.2 cm³/mol. The van der Waals surface area contributed by atoms with Crippen LogP contribution in [0.15, 0.2) is 61.7 Å². The third-order valence-electron chi connectivity index (χ3n) is 1.57. The normalized spacial score (nSPS) is 7.50. The molecule has 2 nitrogen and oxygen atoms in total. The number of carbonyl (C=O) groups excluding carboxylic acids is 1. The van der Waals surface area contributed by atoms with Gasteiger partial charge in [-0.25, -0.2) is 4.79 Å². The molecule has 0 amide bonds. The zero-order valence-electron chi connectivity index (χ0n) is 11.5. The number of ether oxygens (including phenoxy) is 1. The summed E-state index contributed by atoms with van der Waals surface area (Å²) in [6.07, 6.45) is 3.58. The van der Waals surface area contributed by atoms with Crippen LogP contribution in [0.2, 0.25) is 0 Å². The first-order valence-electron chi connectivity index (χ1n) is 5.51. The highest BCUT2D eigenvalue weighted by molar-refractivity contribution is 5.86. The van der Waals surface area contributed by atoms with Crippen LogP contribution < -0.4 is 0 Å². The highest BCUT2D eigenvalue weighted by Crippen LogP contribution is 1.97. The lowest BCUT2D eigenvalue weighted by Gasteiger charge is -1.91. The minimum Gasteiger partial charge on any atom is -0.466 e. The Labute approximate surface area is 110 Å². The first-order chi connectivity index (χ1) is 8.53. The molecule has 0 aliphatic heterocycles. The lowest BCUT2D eigenvalue weighted by Crippen LogP contribution is -1.98. The maximum absolute atomic E-state index is 10.2. The van der Waals surface area contributed by atoms with Gasteiger partial charge in [-0.1, -0.05) is 55.6 Å². The fourth-order valence-electron chi connectivity index (χ4n) is 0.763. The van der Waals surface area contributed by atoms with E-state index in [1.165, 1.54) is 12.7 Å². The van der Waals surface area contributed by atoms with Gasteiger partial charge in [0.1, 0.15) is 0 Å². The van der Waals surface area contributed by atoms with Gasteiger partial charge in [0, 0.05) is 5.57 Å². The highest BCUT2D eigenvalue weighted by atomic mass is 16.5. The summed E-state index contributed by atoms with van der Waals surface area (Å²) in [5, 5.41) is 0. The molecule has 0 saturated carbocycles. The minimum atomic E-state index is -0.347. The average molecular weight is 246 g/mol. The van der Waals surface area contributed by atoms with E-state index < -0.39 is 0 Å². The molecule has 0 heterocycles. The molecule has 1 aromatic rings. The first kappa shape index (κ1) is 18.3. The van der Waals surface area contributed by atoms with Crippen molar-refractivity contribution in [2.75, 3.05) is 7.11 Å². The van der Waals surface area contributed by atoms with Crippen molar-refractivity contribution in [2.24, 2.45) is 0 Å². The zero-order chi connectivity index (χ0) is 14.4. The number of methoxy groups -OCH3 is 1. The fraction of sp³-hybridized carbons (Fsp3) is 0.188. The van der Waals surface area contributed by atoms with E-state index in [9.17, 15) is 4.79 Å². The van der Waals surface area contributed by atoms with Gasteiger partial charge in [0.05, 0.1) is 7.11 Å². The van der Waals surface area contributed by atoms with Crippen molar-refractivity contribution in [1.29, 1.82) is 0 Å². The summed E-state index contributed by atoms with van der Waals surface area (Å²) in [5.41, 5.74) is 1.61. The van der Waals surface area contributed by atoms with Crippen LogP contribution in [0.3, 0.4) is 0 Å². The van der Waals surface area contributed by atoms with Crippen LogP contribution in [0.4, 0.5) is 0 Å². The molecule has 0 aromatic heterocycles. The lowest BCUT2D eigenvalue weighted by atomic mass is 10.2. The fourth-order valence-corrected chi connectivity index (χ4v) is 0.763. The minimum absolute atomic E-state index is 0.347. The molecule has 18 heavy (non-hydrogen) atoms. The molecule has 0 unspecified atom stereocenters. The summed E-state index contributed by atoms with van der Waals surface area (Å²) < 4.78 is 4.27. The summed E-state index contributed by atoms with van der Waals surface area (Å²) in [5.74, 6) is -0.347. The van der Waals surface area contributed by atoms with Crippen molar-refractivity contribution in [1.82, 2.24) is 0 Å². The van der Waals surface area contributed by atoms with Gasteiger partial charge in [-0.3, -0.25) is 0 Å². The van der Waals surface area contributed by atoms with Crippen molar-refractivity contribution in [3.8, 4) is 0 Å². The molecular weight excluding hydrogens is 224 g/mol. The SMILES string of the molecule is C=C(C)C(=O)OC.C=CC.C=Cc1ccccc1. The standard InChI is InChI=1S/C8H8.C5H8O2.C3H6/c1-2-8-6-4-3-5-7-8;1-4(2)5(6)7-3;1-3-2/h2-7H,1H2;1H2,2-3H3;3H,1H2,2H3. The van der Waals surface area contributed by atoms with Gasteiger partial charge in [-0.2, -0.15) is 0 Å². The number of allylic oxidation sites excluding steroid dienone is 1. The molecule has 2 heteroatoms. The van der Waals surface area contributed by atoms with E-state index in [1.807, 2.05) is 43.3 Å². The van der Waals surface area contributed by atoms with Gasteiger partial charge in [-0.15, -0.1) is 6.58 Å². The Bertz CT molecular complexity index is 364. The third-order valence-corrected chi connectivity index (χ3v) is 1.57. The second-order valence-corrected chi connectivity index (χ2v) is 3.29. The van der Waals surface area contributed by atoms with Crippen molar-refractivity contribution in [3.05, 3.63) is 67.3 Å². The maximum Gasteiger partial charge on any atom is 0.332 e. The van der Waals surface area contributed by atoms with E-state index in [2.05, 4.69) is 24.5 Å². The summed E-state index contributed by atoms with van der Waals surface area (Å²) >= 11 is 0. The molecule has 0 bridgehead atoms. The zero-order valence-corrected chi connectivity index (χ0v) is 11.5. The van der Waals surface area contributed by atoms with E-state index in [0.29, 0.717) is 5.57 Å². The number of rotatable bonds is 2. The summed E-state index contributed by atoms with van der Waals surface area (Å²) in [7, 11) is 1.33. The van der Waals surface area contributed by atoms with Crippen LogP contribution in [0.5, 0.6) is 0 Å². The van der Waals surface area contributed by atoms with Gasteiger partial charge in [-0.05, 0) is 19.4 Å². The van der Waals surface area contributed by atoms with Gasteiger partial charge in [0.25, 0.3) is 0 Å². The summed E-state index contributed by atoms with van der Waals surface area (Å²) in [6, 6.07) is 10.0. The van der Waals surface area contributed by atoms with E-state index in [4.69, 9.17) is 0 Å². The van der Waals surface area contributed by atoms with Gasteiger partial charge in [0.2, 0.25) is 0 Å². The van der Waals surface area contributed by atoms with Crippen LogP contribution in [0.1, 0.15) is 19.4 Å². The van der Waals surface area contributed by atoms with Crippen molar-refractivity contribution in [3.63, 3.8) is 0 Å². The van der Waals surface area contributed by atoms with Crippen LogP contribution in [-0.4, -0.2) is 13.1 Å². The molecular formula is C16H22O2. The van der Waals surface area contributed by atoms with Gasteiger partial charge in [0.15, 0.2) is 0 Å². The molecule has 0 saturated heterocycles. The third kappa shape index (κ3) is 12.0. The number of carbonyl (C=O) groups is 1.